The van der Waals surface area contributed by atoms with Crippen molar-refractivity contribution in [3.8, 4) is 5.75 Å². The van der Waals surface area contributed by atoms with Crippen molar-refractivity contribution < 1.29 is 19.1 Å². The molecule has 0 unspecified atom stereocenters. The lowest BCUT2D eigenvalue weighted by Gasteiger charge is -2.34. The molecule has 4 aromatic rings. The van der Waals surface area contributed by atoms with E-state index in [0.717, 1.165) is 20.9 Å². The van der Waals surface area contributed by atoms with Crippen LogP contribution in [0.2, 0.25) is 5.02 Å². The van der Waals surface area contributed by atoms with Gasteiger partial charge in [-0.05, 0) is 79.1 Å². The molecular weight excluding hydrogens is 512 g/mol. The van der Waals surface area contributed by atoms with Crippen LogP contribution in [0.5, 0.6) is 5.75 Å². The Morgan fingerprint density at radius 1 is 0.718 bits per heavy atom. The Hall–Kier alpha value is -4.68. The first-order chi connectivity index (χ1) is 18.8. The number of ether oxygens (including phenoxy) is 1. The van der Waals surface area contributed by atoms with Crippen LogP contribution in [-0.4, -0.2) is 17.8 Å². The van der Waals surface area contributed by atoms with E-state index in [4.69, 9.17) is 16.3 Å². The first kappa shape index (κ1) is 25.9. The Kier molecular flexibility index (Phi) is 7.30. The normalized spacial score (nSPS) is 13.6. The van der Waals surface area contributed by atoms with E-state index in [1.165, 1.54) is 11.6 Å². The molecule has 0 aromatic heterocycles. The monoisotopic (exact) mass is 536 g/mol. The van der Waals surface area contributed by atoms with E-state index in [-0.39, 0.29) is 12.2 Å². The Morgan fingerprint density at radius 3 is 1.87 bits per heavy atom. The average Bonchev–Trinajstić information content (AvgIpc) is 2.93. The summed E-state index contributed by atoms with van der Waals surface area (Å²) in [5.41, 5.74) is 4.27. The second-order valence-electron chi connectivity index (χ2n) is 9.18. The van der Waals surface area contributed by atoms with Crippen molar-refractivity contribution >= 4 is 46.9 Å². The Labute approximate surface area is 231 Å². The zero-order chi connectivity index (χ0) is 27.5. The number of halogens is 1. The zero-order valence-electron chi connectivity index (χ0n) is 21.4. The van der Waals surface area contributed by atoms with Crippen LogP contribution < -0.4 is 14.5 Å². The molecule has 1 aliphatic rings. The van der Waals surface area contributed by atoms with Gasteiger partial charge in [0.15, 0.2) is 0 Å². The third kappa shape index (κ3) is 5.33. The van der Waals surface area contributed by atoms with Gasteiger partial charge in [0.25, 0.3) is 11.8 Å². The number of benzene rings is 4. The van der Waals surface area contributed by atoms with Crippen LogP contribution in [0.15, 0.2) is 103 Å². The molecule has 0 bridgehead atoms. The summed E-state index contributed by atoms with van der Waals surface area (Å²) in [6.07, 6.45) is 1.44. The number of nitrogens with zero attached hydrogens (tertiary/aromatic N) is 2. The molecule has 0 saturated carbocycles. The topological polar surface area (TPSA) is 66.9 Å². The first-order valence-corrected chi connectivity index (χ1v) is 12.7. The van der Waals surface area contributed by atoms with Crippen molar-refractivity contribution in [2.45, 2.75) is 20.5 Å². The zero-order valence-corrected chi connectivity index (χ0v) is 22.2. The summed E-state index contributed by atoms with van der Waals surface area (Å²) in [6.45, 7) is 4.37. The second kappa shape index (κ2) is 11.0. The molecule has 0 spiro atoms. The molecular formula is C32H25ClN2O4. The molecule has 4 amide bonds. The van der Waals surface area contributed by atoms with Gasteiger partial charge in [-0.1, -0.05) is 66.2 Å². The number of carbonyl (C=O) groups is 3. The van der Waals surface area contributed by atoms with E-state index in [9.17, 15) is 14.4 Å². The SMILES string of the molecule is Cc1ccc(COc2ccc(Cl)cc2C=C2C(=O)N(c3ccccc3)C(=O)N(c3ccccc3)C2=O)cc1C. The van der Waals surface area contributed by atoms with E-state index in [2.05, 4.69) is 6.07 Å². The summed E-state index contributed by atoms with van der Waals surface area (Å²) in [4.78, 5) is 42.9. The van der Waals surface area contributed by atoms with Crippen molar-refractivity contribution in [2.24, 2.45) is 0 Å². The third-order valence-corrected chi connectivity index (χ3v) is 6.75. The average molecular weight is 537 g/mol. The lowest BCUT2D eigenvalue weighted by atomic mass is 10.0. The molecule has 0 radical (unpaired) electrons. The number of aryl methyl sites for hydroxylation is 2. The summed E-state index contributed by atoms with van der Waals surface area (Å²) in [5, 5.41) is 0.409. The molecule has 1 aliphatic heterocycles. The van der Waals surface area contributed by atoms with E-state index in [1.807, 2.05) is 26.0 Å². The molecule has 7 heteroatoms. The number of hydrogen-bond donors (Lipinski definition) is 0. The molecule has 5 rings (SSSR count). The van der Waals surface area contributed by atoms with Gasteiger partial charge in [0, 0.05) is 10.6 Å². The van der Waals surface area contributed by atoms with Gasteiger partial charge in [0.05, 0.1) is 11.4 Å². The third-order valence-electron chi connectivity index (χ3n) is 6.52. The number of amides is 4. The number of rotatable bonds is 6. The van der Waals surface area contributed by atoms with Crippen LogP contribution >= 0.6 is 11.6 Å². The number of para-hydroxylation sites is 2. The molecule has 4 aromatic carbocycles. The highest BCUT2D eigenvalue weighted by Gasteiger charge is 2.43. The fraction of sp³-hybridized carbons (Fsp3) is 0.0938. The Bertz CT molecular complexity index is 1540. The quantitative estimate of drug-likeness (QED) is 0.194. The standard InChI is InChI=1S/C32H25ClN2O4/c1-21-13-14-23(17-22(21)2)20-39-29-16-15-25(33)18-24(29)19-28-30(36)34(26-9-5-3-6-10-26)32(38)35(31(28)37)27-11-7-4-8-12-27/h3-19H,20H2,1-2H3. The summed E-state index contributed by atoms with van der Waals surface area (Å²) < 4.78 is 6.11. The number of anilines is 2. The van der Waals surface area contributed by atoms with Crippen molar-refractivity contribution in [2.75, 3.05) is 9.80 Å². The lowest BCUT2D eigenvalue weighted by molar-refractivity contribution is -0.121. The molecule has 1 saturated heterocycles. The molecule has 194 valence electrons. The number of barbiturate groups is 1. The smallest absolute Gasteiger partial charge is 0.343 e. The van der Waals surface area contributed by atoms with Crippen LogP contribution in [0.25, 0.3) is 6.08 Å². The number of imide groups is 2. The number of hydrogen-bond acceptors (Lipinski definition) is 4. The van der Waals surface area contributed by atoms with Gasteiger partial charge in [-0.25, -0.2) is 14.6 Å². The van der Waals surface area contributed by atoms with Gasteiger partial charge in [0.2, 0.25) is 0 Å². The number of carbonyl (C=O) groups excluding carboxylic acids is 3. The van der Waals surface area contributed by atoms with Gasteiger partial charge < -0.3 is 4.74 Å². The van der Waals surface area contributed by atoms with Crippen LogP contribution in [0.3, 0.4) is 0 Å². The predicted octanol–water partition coefficient (Wildman–Crippen LogP) is 7.12. The summed E-state index contributed by atoms with van der Waals surface area (Å²) in [7, 11) is 0. The Balaban J connectivity index is 1.57. The minimum absolute atomic E-state index is 0.194. The largest absolute Gasteiger partial charge is 0.488 e. The molecule has 1 fully saturated rings. The van der Waals surface area contributed by atoms with Crippen molar-refractivity contribution in [3.05, 3.63) is 130 Å². The highest BCUT2D eigenvalue weighted by molar-refractivity contribution is 6.46. The van der Waals surface area contributed by atoms with Crippen LogP contribution in [0.1, 0.15) is 22.3 Å². The lowest BCUT2D eigenvalue weighted by Crippen LogP contribution is -2.57. The maximum atomic E-state index is 13.7. The first-order valence-electron chi connectivity index (χ1n) is 12.4. The van der Waals surface area contributed by atoms with E-state index < -0.39 is 17.8 Å². The molecule has 0 N–H and O–H groups in total. The second-order valence-corrected chi connectivity index (χ2v) is 9.62. The minimum Gasteiger partial charge on any atom is -0.488 e. The fourth-order valence-corrected chi connectivity index (χ4v) is 4.49. The summed E-state index contributed by atoms with van der Waals surface area (Å²) in [5.74, 6) is -1.02. The van der Waals surface area contributed by atoms with Gasteiger partial charge in [-0.15, -0.1) is 0 Å². The van der Waals surface area contributed by atoms with Gasteiger partial charge >= 0.3 is 6.03 Å². The van der Waals surface area contributed by atoms with Crippen molar-refractivity contribution in [3.63, 3.8) is 0 Å². The van der Waals surface area contributed by atoms with Crippen LogP contribution in [0, 0.1) is 13.8 Å². The molecule has 0 atom stereocenters. The maximum absolute atomic E-state index is 13.7. The van der Waals surface area contributed by atoms with Gasteiger partial charge in [-0.2, -0.15) is 0 Å². The minimum atomic E-state index is -0.753. The van der Waals surface area contributed by atoms with Crippen molar-refractivity contribution in [1.82, 2.24) is 0 Å². The van der Waals surface area contributed by atoms with Crippen LogP contribution in [-0.2, 0) is 16.2 Å². The van der Waals surface area contributed by atoms with Gasteiger partial charge in [0.1, 0.15) is 17.9 Å². The number of urea groups is 1. The molecule has 0 aliphatic carbocycles. The van der Waals surface area contributed by atoms with Crippen LogP contribution in [0.4, 0.5) is 16.2 Å². The van der Waals surface area contributed by atoms with Gasteiger partial charge in [-0.3, -0.25) is 9.59 Å². The predicted molar refractivity (Wildman–Crippen MR) is 153 cm³/mol. The molecule has 1 heterocycles. The summed E-state index contributed by atoms with van der Waals surface area (Å²) in [6, 6.07) is 27.3. The Morgan fingerprint density at radius 2 is 1.31 bits per heavy atom. The van der Waals surface area contributed by atoms with E-state index >= 15 is 0 Å². The fourth-order valence-electron chi connectivity index (χ4n) is 4.31. The maximum Gasteiger partial charge on any atom is 0.343 e. The highest BCUT2D eigenvalue weighted by atomic mass is 35.5. The molecule has 6 nitrogen and oxygen atoms in total. The van der Waals surface area contributed by atoms with Crippen molar-refractivity contribution in [1.29, 1.82) is 0 Å². The van der Waals surface area contributed by atoms with E-state index in [1.54, 1.807) is 78.9 Å². The summed E-state index contributed by atoms with van der Waals surface area (Å²) >= 11 is 6.31. The highest BCUT2D eigenvalue weighted by Crippen LogP contribution is 2.32. The van der Waals surface area contributed by atoms with E-state index in [0.29, 0.717) is 27.7 Å². The molecule has 39 heavy (non-hydrogen) atoms.